The van der Waals surface area contributed by atoms with Gasteiger partial charge in [-0.05, 0) is 39.8 Å². The molecule has 2 heterocycles. The lowest BCUT2D eigenvalue weighted by Crippen LogP contribution is -2.35. The average molecular weight is 298 g/mol. The fraction of sp³-hybridized carbons (Fsp3) is 0.500. The van der Waals surface area contributed by atoms with Crippen molar-refractivity contribution in [3.05, 3.63) is 39.6 Å². The molecule has 2 aromatic rings. The van der Waals surface area contributed by atoms with Crippen LogP contribution in [0.5, 0.6) is 0 Å². The van der Waals surface area contributed by atoms with Gasteiger partial charge in [0.1, 0.15) is 0 Å². The minimum absolute atomic E-state index is 0.102. The van der Waals surface area contributed by atoms with Crippen molar-refractivity contribution in [1.82, 2.24) is 14.9 Å². The normalized spacial score (nSPS) is 13.7. The van der Waals surface area contributed by atoms with E-state index in [0.717, 1.165) is 10.9 Å². The highest BCUT2D eigenvalue weighted by Gasteiger charge is 2.15. The molecule has 0 aliphatic rings. The highest BCUT2D eigenvalue weighted by Crippen LogP contribution is 2.29. The fourth-order valence-corrected chi connectivity index (χ4v) is 2.98. The molecule has 104 valence electrons. The van der Waals surface area contributed by atoms with Gasteiger partial charge in [0.2, 0.25) is 0 Å². The topological polar surface area (TPSA) is 29.9 Å². The van der Waals surface area contributed by atoms with Crippen molar-refractivity contribution in [3.63, 3.8) is 0 Å². The summed E-state index contributed by atoms with van der Waals surface area (Å²) in [6, 6.07) is 4.29. The third-order valence-electron chi connectivity index (χ3n) is 2.97. The molecule has 0 radical (unpaired) electrons. The van der Waals surface area contributed by atoms with Gasteiger partial charge in [-0.25, -0.2) is 4.98 Å². The van der Waals surface area contributed by atoms with Crippen molar-refractivity contribution in [2.75, 3.05) is 0 Å². The van der Waals surface area contributed by atoms with E-state index in [1.807, 2.05) is 18.6 Å². The molecule has 3 nitrogen and oxygen atoms in total. The van der Waals surface area contributed by atoms with E-state index in [2.05, 4.69) is 48.6 Å². The van der Waals surface area contributed by atoms with Crippen LogP contribution in [0.1, 0.15) is 44.3 Å². The Labute approximate surface area is 123 Å². The van der Waals surface area contributed by atoms with Crippen LogP contribution in [0.4, 0.5) is 0 Å². The van der Waals surface area contributed by atoms with Gasteiger partial charge in [-0.3, -0.25) is 0 Å². The third kappa shape index (κ3) is 3.81. The molecule has 19 heavy (non-hydrogen) atoms. The van der Waals surface area contributed by atoms with Crippen LogP contribution < -0.4 is 5.32 Å². The van der Waals surface area contributed by atoms with Crippen LogP contribution in [0.3, 0.4) is 0 Å². The lowest BCUT2D eigenvalue weighted by molar-refractivity contribution is 0.413. The molecule has 0 saturated carbocycles. The van der Waals surface area contributed by atoms with Crippen LogP contribution >= 0.6 is 22.9 Å². The maximum atomic E-state index is 6.01. The van der Waals surface area contributed by atoms with Gasteiger partial charge in [-0.2, -0.15) is 0 Å². The van der Waals surface area contributed by atoms with Crippen LogP contribution in [-0.4, -0.2) is 15.1 Å². The highest BCUT2D eigenvalue weighted by atomic mass is 35.5. The summed E-state index contributed by atoms with van der Waals surface area (Å²) in [6.45, 7) is 9.47. The van der Waals surface area contributed by atoms with Gasteiger partial charge in [0.15, 0.2) is 0 Å². The second-order valence-corrected chi connectivity index (χ2v) is 7.46. The number of nitrogens with zero attached hydrogens (tertiary/aromatic N) is 2. The second-order valence-electron chi connectivity index (χ2n) is 5.71. The largest absolute Gasteiger partial charge is 0.325 e. The molecule has 5 heteroatoms. The number of nitrogens with one attached hydrogen (secondary N) is 1. The van der Waals surface area contributed by atoms with Gasteiger partial charge >= 0.3 is 0 Å². The molecule has 2 aromatic heterocycles. The SMILES string of the molecule is CC(c1ccc(Cl)s1)n1cncc1CNC(C)(C)C. The van der Waals surface area contributed by atoms with E-state index in [-0.39, 0.29) is 11.6 Å². The zero-order valence-corrected chi connectivity index (χ0v) is 13.3. The standard InChI is InChI=1S/C14H20ClN3S/c1-10(12-5-6-13(15)19-12)18-9-16-7-11(18)8-17-14(2,3)4/h5-7,9-10,17H,8H2,1-4H3. The molecule has 0 saturated heterocycles. The smallest absolute Gasteiger partial charge is 0.0954 e. The number of rotatable bonds is 4. The fourth-order valence-electron chi connectivity index (χ4n) is 1.86. The third-order valence-corrected chi connectivity index (χ3v) is 4.37. The van der Waals surface area contributed by atoms with Crippen molar-refractivity contribution in [1.29, 1.82) is 0 Å². The van der Waals surface area contributed by atoms with Crippen molar-refractivity contribution in [2.45, 2.75) is 45.8 Å². The Kier molecular flexibility index (Phi) is 4.33. The van der Waals surface area contributed by atoms with E-state index < -0.39 is 0 Å². The van der Waals surface area contributed by atoms with Crippen molar-refractivity contribution < 1.29 is 0 Å². The van der Waals surface area contributed by atoms with E-state index in [1.165, 1.54) is 10.6 Å². The van der Waals surface area contributed by atoms with Crippen molar-refractivity contribution in [2.24, 2.45) is 0 Å². The predicted octanol–water partition coefficient (Wildman–Crippen LogP) is 4.10. The van der Waals surface area contributed by atoms with Gasteiger partial charge in [0, 0.05) is 23.2 Å². The number of halogens is 1. The first-order chi connectivity index (χ1) is 8.87. The van der Waals surface area contributed by atoms with E-state index in [9.17, 15) is 0 Å². The molecule has 1 N–H and O–H groups in total. The molecule has 2 rings (SSSR count). The Morgan fingerprint density at radius 1 is 1.42 bits per heavy atom. The van der Waals surface area contributed by atoms with Crippen LogP contribution in [0.2, 0.25) is 4.34 Å². The highest BCUT2D eigenvalue weighted by molar-refractivity contribution is 7.16. The first-order valence-electron chi connectivity index (χ1n) is 6.38. The molecule has 1 atom stereocenters. The Bertz CT molecular complexity index is 539. The number of hydrogen-bond donors (Lipinski definition) is 1. The minimum Gasteiger partial charge on any atom is -0.325 e. The van der Waals surface area contributed by atoms with E-state index in [4.69, 9.17) is 11.6 Å². The summed E-state index contributed by atoms with van der Waals surface area (Å²) in [5.41, 5.74) is 1.29. The quantitative estimate of drug-likeness (QED) is 0.921. The maximum Gasteiger partial charge on any atom is 0.0954 e. The summed E-state index contributed by atoms with van der Waals surface area (Å²) in [5.74, 6) is 0. The molecule has 1 unspecified atom stereocenters. The number of thiophene rings is 1. The van der Waals surface area contributed by atoms with Crippen LogP contribution in [0, 0.1) is 0 Å². The summed E-state index contributed by atoms with van der Waals surface area (Å²) < 4.78 is 3.03. The van der Waals surface area contributed by atoms with Gasteiger partial charge < -0.3 is 9.88 Å². The second kappa shape index (κ2) is 5.65. The molecule has 0 bridgehead atoms. The van der Waals surface area contributed by atoms with Crippen molar-refractivity contribution in [3.8, 4) is 0 Å². The molecule has 0 aliphatic carbocycles. The van der Waals surface area contributed by atoms with Crippen LogP contribution in [0.25, 0.3) is 0 Å². The van der Waals surface area contributed by atoms with Gasteiger partial charge in [-0.15, -0.1) is 11.3 Å². The molecule has 0 fully saturated rings. The van der Waals surface area contributed by atoms with Crippen molar-refractivity contribution >= 4 is 22.9 Å². The maximum absolute atomic E-state index is 6.01. The molecule has 0 aromatic carbocycles. The average Bonchev–Trinajstić information content (AvgIpc) is 2.93. The van der Waals surface area contributed by atoms with Crippen LogP contribution in [-0.2, 0) is 6.54 Å². The lowest BCUT2D eigenvalue weighted by atomic mass is 10.1. The zero-order valence-electron chi connectivity index (χ0n) is 11.8. The Morgan fingerprint density at radius 3 is 2.74 bits per heavy atom. The minimum atomic E-state index is 0.102. The monoisotopic (exact) mass is 297 g/mol. The van der Waals surface area contributed by atoms with Gasteiger partial charge in [-0.1, -0.05) is 11.6 Å². The molecular formula is C14H20ClN3S. The predicted molar refractivity (Wildman–Crippen MR) is 82.0 cm³/mol. The lowest BCUT2D eigenvalue weighted by Gasteiger charge is -2.22. The summed E-state index contributed by atoms with van der Waals surface area (Å²) in [4.78, 5) is 5.52. The summed E-state index contributed by atoms with van der Waals surface area (Å²) in [7, 11) is 0. The Hall–Kier alpha value is -0.840. The van der Waals surface area contributed by atoms with Gasteiger partial charge in [0.25, 0.3) is 0 Å². The first kappa shape index (κ1) is 14.6. The van der Waals surface area contributed by atoms with E-state index >= 15 is 0 Å². The summed E-state index contributed by atoms with van der Waals surface area (Å²) in [6.07, 6.45) is 3.81. The Balaban J connectivity index is 2.15. The molecular weight excluding hydrogens is 278 g/mol. The number of hydrogen-bond acceptors (Lipinski definition) is 3. The molecule has 0 spiro atoms. The Morgan fingerprint density at radius 2 is 2.16 bits per heavy atom. The van der Waals surface area contributed by atoms with E-state index in [1.54, 1.807) is 11.3 Å². The molecule has 0 aliphatic heterocycles. The zero-order chi connectivity index (χ0) is 14.0. The summed E-state index contributed by atoms with van der Waals surface area (Å²) in [5, 5.41) is 3.49. The number of aromatic nitrogens is 2. The summed E-state index contributed by atoms with van der Waals surface area (Å²) >= 11 is 7.63. The van der Waals surface area contributed by atoms with Gasteiger partial charge in [0.05, 0.1) is 22.4 Å². The van der Waals surface area contributed by atoms with Crippen LogP contribution in [0.15, 0.2) is 24.7 Å². The molecule has 0 amide bonds. The number of imidazole rings is 1. The first-order valence-corrected chi connectivity index (χ1v) is 7.57. The van der Waals surface area contributed by atoms with E-state index in [0.29, 0.717) is 0 Å².